The third-order valence-corrected chi connectivity index (χ3v) is 5.18. The Balaban J connectivity index is 1.68. The van der Waals surface area contributed by atoms with Crippen molar-refractivity contribution >= 4 is 29.6 Å². The fourth-order valence-corrected chi connectivity index (χ4v) is 3.58. The van der Waals surface area contributed by atoms with Crippen LogP contribution in [0.15, 0.2) is 12.1 Å². The minimum atomic E-state index is -4.61. The average Bonchev–Trinajstić information content (AvgIpc) is 2.76. The summed E-state index contributed by atoms with van der Waals surface area (Å²) in [6.45, 7) is 3.17. The summed E-state index contributed by atoms with van der Waals surface area (Å²) in [5.74, 6) is -2.35. The first-order valence-corrected chi connectivity index (χ1v) is 10.6. The number of rotatable bonds is 7. The highest BCUT2D eigenvalue weighted by Gasteiger charge is 2.33. The van der Waals surface area contributed by atoms with Crippen molar-refractivity contribution in [3.63, 3.8) is 0 Å². The molecule has 9 nitrogen and oxygen atoms in total. The number of alkyl halides is 3. The van der Waals surface area contributed by atoms with Gasteiger partial charge in [-0.1, -0.05) is 17.7 Å². The molecule has 0 bridgehead atoms. The fraction of sp³-hybridized carbons (Fsp3) is 0.545. The van der Waals surface area contributed by atoms with E-state index in [2.05, 4.69) is 15.4 Å². The maximum absolute atomic E-state index is 12.2. The van der Waals surface area contributed by atoms with Crippen molar-refractivity contribution in [2.45, 2.75) is 39.8 Å². The first kappa shape index (κ1) is 26.9. The fourth-order valence-electron chi connectivity index (χ4n) is 3.58. The normalized spacial score (nSPS) is 14.4. The smallest absolute Gasteiger partial charge is 0.422 e. The van der Waals surface area contributed by atoms with Gasteiger partial charge in [0.15, 0.2) is 13.2 Å². The van der Waals surface area contributed by atoms with Crippen LogP contribution in [0.1, 0.15) is 29.5 Å². The van der Waals surface area contributed by atoms with Gasteiger partial charge in [-0.3, -0.25) is 14.4 Å². The Morgan fingerprint density at radius 1 is 1.00 bits per heavy atom. The van der Waals surface area contributed by atoms with Crippen molar-refractivity contribution in [2.75, 3.05) is 38.2 Å². The SMILES string of the molecule is Cc1cc(C)c(NC(=O)CNC(=O)COC(=O)C2CCN(C(=O)OCC(F)(F)F)CC2)c(C)c1. The molecule has 0 saturated carbocycles. The molecule has 0 aromatic heterocycles. The molecule has 0 unspecified atom stereocenters. The molecule has 0 atom stereocenters. The van der Waals surface area contributed by atoms with Gasteiger partial charge in [0.2, 0.25) is 5.91 Å². The monoisotopic (exact) mass is 487 g/mol. The number of anilines is 1. The van der Waals surface area contributed by atoms with Gasteiger partial charge >= 0.3 is 18.2 Å². The lowest BCUT2D eigenvalue weighted by Gasteiger charge is -2.30. The number of esters is 1. The van der Waals surface area contributed by atoms with Crippen molar-refractivity contribution < 1.29 is 41.8 Å². The van der Waals surface area contributed by atoms with E-state index in [0.29, 0.717) is 5.69 Å². The van der Waals surface area contributed by atoms with Crippen molar-refractivity contribution in [1.29, 1.82) is 0 Å². The summed E-state index contributed by atoms with van der Waals surface area (Å²) in [6.07, 6.45) is -5.38. The molecule has 1 aromatic carbocycles. The Hall–Kier alpha value is -3.31. The second-order valence-electron chi connectivity index (χ2n) is 8.14. The summed E-state index contributed by atoms with van der Waals surface area (Å²) >= 11 is 0. The minimum absolute atomic E-state index is 0.0284. The standard InChI is InChI=1S/C22H28F3N3O6/c1-13-8-14(2)19(15(3)9-13)27-17(29)10-26-18(30)11-33-20(31)16-4-6-28(7-5-16)21(32)34-12-22(23,24)25/h8-9,16H,4-7,10-12H2,1-3H3,(H,26,30)(H,27,29). The first-order chi connectivity index (χ1) is 15.9. The quantitative estimate of drug-likeness (QED) is 0.572. The number of carbonyl (C=O) groups is 4. The molecule has 1 aliphatic rings. The number of piperidine rings is 1. The van der Waals surface area contributed by atoms with E-state index in [1.165, 1.54) is 0 Å². The van der Waals surface area contributed by atoms with Gasteiger partial charge in [-0.25, -0.2) is 4.79 Å². The molecule has 1 heterocycles. The molecule has 1 aromatic rings. The molecule has 2 rings (SSSR count). The van der Waals surface area contributed by atoms with Gasteiger partial charge in [-0.2, -0.15) is 13.2 Å². The Bertz CT molecular complexity index is 904. The lowest BCUT2D eigenvalue weighted by molar-refractivity contribution is -0.163. The van der Waals surface area contributed by atoms with Gasteiger partial charge < -0.3 is 25.0 Å². The highest BCUT2D eigenvalue weighted by Crippen LogP contribution is 2.22. The summed E-state index contributed by atoms with van der Waals surface area (Å²) in [7, 11) is 0. The van der Waals surface area contributed by atoms with Gasteiger partial charge in [0, 0.05) is 18.8 Å². The van der Waals surface area contributed by atoms with E-state index >= 15 is 0 Å². The van der Waals surface area contributed by atoms with Crippen molar-refractivity contribution in [3.8, 4) is 0 Å². The molecule has 0 radical (unpaired) electrons. The molecule has 2 N–H and O–H groups in total. The van der Waals surface area contributed by atoms with Gasteiger partial charge in [0.25, 0.3) is 5.91 Å². The lowest BCUT2D eigenvalue weighted by atomic mass is 9.97. The van der Waals surface area contributed by atoms with Crippen molar-refractivity contribution in [1.82, 2.24) is 10.2 Å². The molecule has 1 fully saturated rings. The number of aryl methyl sites for hydroxylation is 3. The van der Waals surface area contributed by atoms with Crippen molar-refractivity contribution in [2.24, 2.45) is 5.92 Å². The molecule has 1 saturated heterocycles. The summed E-state index contributed by atoms with van der Waals surface area (Å²) in [5.41, 5.74) is 3.52. The molecule has 1 aliphatic heterocycles. The maximum Gasteiger partial charge on any atom is 0.422 e. The zero-order valence-corrected chi connectivity index (χ0v) is 19.2. The predicted molar refractivity (Wildman–Crippen MR) is 115 cm³/mol. The van der Waals surface area contributed by atoms with E-state index in [0.717, 1.165) is 21.6 Å². The van der Waals surface area contributed by atoms with Crippen LogP contribution >= 0.6 is 0 Å². The van der Waals surface area contributed by atoms with E-state index in [1.807, 2.05) is 32.9 Å². The zero-order chi connectivity index (χ0) is 25.5. The molecular weight excluding hydrogens is 459 g/mol. The number of carbonyl (C=O) groups excluding carboxylic acids is 4. The number of benzene rings is 1. The molecule has 0 aliphatic carbocycles. The highest BCUT2D eigenvalue weighted by molar-refractivity contribution is 5.96. The van der Waals surface area contributed by atoms with Crippen molar-refractivity contribution in [3.05, 3.63) is 28.8 Å². The van der Waals surface area contributed by atoms with Crippen LogP contribution < -0.4 is 10.6 Å². The summed E-state index contributed by atoms with van der Waals surface area (Å²) < 4.78 is 45.5. The van der Waals surface area contributed by atoms with E-state index in [4.69, 9.17) is 4.74 Å². The van der Waals surface area contributed by atoms with Crippen LogP contribution in [-0.2, 0) is 23.9 Å². The Kier molecular flexibility index (Phi) is 9.28. The highest BCUT2D eigenvalue weighted by atomic mass is 19.4. The van der Waals surface area contributed by atoms with Crippen LogP contribution in [0.3, 0.4) is 0 Å². The Morgan fingerprint density at radius 2 is 1.59 bits per heavy atom. The third kappa shape index (κ3) is 8.56. The number of halogens is 3. The Morgan fingerprint density at radius 3 is 2.15 bits per heavy atom. The Labute approximate surface area is 194 Å². The number of amides is 3. The predicted octanol–water partition coefficient (Wildman–Crippen LogP) is 2.62. The second kappa shape index (κ2) is 11.7. The number of nitrogens with one attached hydrogen (secondary N) is 2. The second-order valence-corrected chi connectivity index (χ2v) is 8.14. The van der Waals surface area contributed by atoms with Crippen LogP contribution in [0, 0.1) is 26.7 Å². The summed E-state index contributed by atoms with van der Waals surface area (Å²) in [6, 6.07) is 3.85. The van der Waals surface area contributed by atoms with Gasteiger partial charge in [0.05, 0.1) is 12.5 Å². The molecule has 34 heavy (non-hydrogen) atoms. The van der Waals surface area contributed by atoms with Crippen LogP contribution in [0.2, 0.25) is 0 Å². The van der Waals surface area contributed by atoms with Gasteiger partial charge in [-0.05, 0) is 44.7 Å². The van der Waals surface area contributed by atoms with Gasteiger partial charge in [0.1, 0.15) is 0 Å². The largest absolute Gasteiger partial charge is 0.455 e. The van der Waals surface area contributed by atoms with Gasteiger partial charge in [-0.15, -0.1) is 0 Å². The molecule has 12 heteroatoms. The van der Waals surface area contributed by atoms with E-state index < -0.39 is 49.2 Å². The number of ether oxygens (including phenoxy) is 2. The number of hydrogen-bond acceptors (Lipinski definition) is 6. The van der Waals surface area contributed by atoms with Crippen LogP contribution in [0.5, 0.6) is 0 Å². The molecule has 0 spiro atoms. The van der Waals surface area contributed by atoms with E-state index in [1.54, 1.807) is 0 Å². The molecular formula is C22H28F3N3O6. The lowest BCUT2D eigenvalue weighted by Crippen LogP contribution is -2.42. The first-order valence-electron chi connectivity index (χ1n) is 10.6. The van der Waals surface area contributed by atoms with E-state index in [-0.39, 0.29) is 32.5 Å². The van der Waals surface area contributed by atoms with Crippen LogP contribution in [0.25, 0.3) is 0 Å². The van der Waals surface area contributed by atoms with Crippen LogP contribution in [-0.4, -0.2) is 67.8 Å². The zero-order valence-electron chi connectivity index (χ0n) is 19.2. The molecule has 188 valence electrons. The third-order valence-electron chi connectivity index (χ3n) is 5.18. The summed E-state index contributed by atoms with van der Waals surface area (Å²) in [5, 5.41) is 5.11. The topological polar surface area (TPSA) is 114 Å². The maximum atomic E-state index is 12.2. The minimum Gasteiger partial charge on any atom is -0.455 e. The average molecular weight is 487 g/mol. The summed E-state index contributed by atoms with van der Waals surface area (Å²) in [4.78, 5) is 48.9. The number of likely N-dealkylation sites (tertiary alicyclic amines) is 1. The van der Waals surface area contributed by atoms with Crippen LogP contribution in [0.4, 0.5) is 23.7 Å². The number of hydrogen-bond donors (Lipinski definition) is 2. The number of nitrogens with zero attached hydrogens (tertiary/aromatic N) is 1. The molecule has 3 amide bonds. The van der Waals surface area contributed by atoms with E-state index in [9.17, 15) is 32.3 Å².